The Kier molecular flexibility index (Phi) is 3.48. The third kappa shape index (κ3) is 2.78. The van der Waals surface area contributed by atoms with Gasteiger partial charge in [0.1, 0.15) is 5.69 Å². The topological polar surface area (TPSA) is 65.1 Å². The Morgan fingerprint density at radius 2 is 1.96 bits per heavy atom. The highest BCUT2D eigenvalue weighted by Gasteiger charge is 2.29. The number of rotatable bonds is 3. The van der Waals surface area contributed by atoms with Crippen molar-refractivity contribution in [2.75, 3.05) is 31.1 Å². The zero-order valence-corrected chi connectivity index (χ0v) is 14.6. The van der Waals surface area contributed by atoms with Crippen molar-refractivity contribution in [1.29, 1.82) is 0 Å². The number of nitrogens with one attached hydrogen (secondary N) is 1. The van der Waals surface area contributed by atoms with Gasteiger partial charge in [0, 0.05) is 37.8 Å². The summed E-state index contributed by atoms with van der Waals surface area (Å²) in [6, 6.07) is 10.1. The lowest BCUT2D eigenvalue weighted by molar-refractivity contribution is 0.0741. The molecule has 5 rings (SSSR count). The normalized spacial score (nSPS) is 18.1. The molecule has 1 saturated heterocycles. The number of benzene rings is 1. The molecule has 1 N–H and O–H groups in total. The van der Waals surface area contributed by atoms with Gasteiger partial charge in [-0.3, -0.25) is 9.89 Å². The van der Waals surface area contributed by atoms with Crippen molar-refractivity contribution in [2.45, 2.75) is 18.8 Å². The van der Waals surface area contributed by atoms with Crippen LogP contribution >= 0.6 is 11.3 Å². The number of carbonyl (C=O) groups excluding carboxylic acids is 1. The lowest BCUT2D eigenvalue weighted by Crippen LogP contribution is -2.48. The Bertz CT molecular complexity index is 887. The monoisotopic (exact) mass is 353 g/mol. The summed E-state index contributed by atoms with van der Waals surface area (Å²) in [6.45, 7) is 3.04. The van der Waals surface area contributed by atoms with Crippen molar-refractivity contribution < 1.29 is 4.79 Å². The van der Waals surface area contributed by atoms with E-state index in [-0.39, 0.29) is 5.91 Å². The van der Waals surface area contributed by atoms with Gasteiger partial charge >= 0.3 is 0 Å². The molecule has 0 radical (unpaired) electrons. The van der Waals surface area contributed by atoms with Crippen LogP contribution in [-0.4, -0.2) is 52.2 Å². The number of nitrogens with zero attached hydrogens (tertiary/aromatic N) is 4. The molecule has 2 aromatic heterocycles. The number of fused-ring (bicyclic) bond motifs is 1. The average Bonchev–Trinajstić information content (AvgIpc) is 3.22. The molecule has 0 spiro atoms. The van der Waals surface area contributed by atoms with Crippen LogP contribution in [0.4, 0.5) is 5.13 Å². The van der Waals surface area contributed by atoms with Gasteiger partial charge in [-0.2, -0.15) is 5.10 Å². The summed E-state index contributed by atoms with van der Waals surface area (Å²) in [6.07, 6.45) is 2.41. The van der Waals surface area contributed by atoms with E-state index in [9.17, 15) is 4.79 Å². The van der Waals surface area contributed by atoms with E-state index in [1.165, 1.54) is 17.5 Å². The zero-order chi connectivity index (χ0) is 16.8. The molecule has 0 bridgehead atoms. The van der Waals surface area contributed by atoms with Crippen LogP contribution in [0.25, 0.3) is 10.2 Å². The minimum atomic E-state index is 0.0344. The lowest BCUT2D eigenvalue weighted by atomic mass is 10.2. The van der Waals surface area contributed by atoms with Gasteiger partial charge in [-0.15, -0.1) is 0 Å². The van der Waals surface area contributed by atoms with Crippen molar-refractivity contribution in [3.05, 3.63) is 41.7 Å². The van der Waals surface area contributed by atoms with Gasteiger partial charge < -0.3 is 9.80 Å². The average molecular weight is 353 g/mol. The summed E-state index contributed by atoms with van der Waals surface area (Å²) in [5, 5.41) is 8.28. The van der Waals surface area contributed by atoms with Crippen LogP contribution in [-0.2, 0) is 0 Å². The van der Waals surface area contributed by atoms with Gasteiger partial charge in [-0.1, -0.05) is 23.5 Å². The van der Waals surface area contributed by atoms with Crippen molar-refractivity contribution in [3.63, 3.8) is 0 Å². The third-order valence-corrected chi connectivity index (χ3v) is 6.05. The lowest BCUT2D eigenvalue weighted by Gasteiger charge is -2.34. The van der Waals surface area contributed by atoms with Gasteiger partial charge in [-0.05, 0) is 31.0 Å². The Labute approximate surface area is 149 Å². The maximum atomic E-state index is 12.7. The first-order valence-corrected chi connectivity index (χ1v) is 9.55. The maximum absolute atomic E-state index is 12.7. The SMILES string of the molecule is O=C(c1cc(C2CC2)[nH]n1)N1CCN(c2nc3ccccc3s2)CC1. The van der Waals surface area contributed by atoms with Crippen molar-refractivity contribution >= 4 is 32.6 Å². The highest BCUT2D eigenvalue weighted by atomic mass is 32.1. The van der Waals surface area contributed by atoms with Crippen LogP contribution in [0.1, 0.15) is 34.9 Å². The maximum Gasteiger partial charge on any atom is 0.274 e. The number of thiazole rings is 1. The molecule has 1 aliphatic heterocycles. The van der Waals surface area contributed by atoms with E-state index in [4.69, 9.17) is 4.98 Å². The number of hydrogen-bond acceptors (Lipinski definition) is 5. The number of piperazine rings is 1. The summed E-state index contributed by atoms with van der Waals surface area (Å²) in [5.74, 6) is 0.622. The predicted octanol–water partition coefficient (Wildman–Crippen LogP) is 2.86. The molecular weight excluding hydrogens is 334 g/mol. The fourth-order valence-electron chi connectivity index (χ4n) is 3.31. The molecular formula is C18H19N5OS. The number of hydrogen-bond donors (Lipinski definition) is 1. The van der Waals surface area contributed by atoms with Gasteiger partial charge in [0.05, 0.1) is 10.2 Å². The van der Waals surface area contributed by atoms with Crippen molar-refractivity contribution in [2.24, 2.45) is 0 Å². The van der Waals surface area contributed by atoms with E-state index < -0.39 is 0 Å². The molecule has 1 amide bonds. The number of anilines is 1. The molecule has 3 aromatic rings. The van der Waals surface area contributed by atoms with Crippen LogP contribution in [0, 0.1) is 0 Å². The summed E-state index contributed by atoms with van der Waals surface area (Å²) >= 11 is 1.72. The second kappa shape index (κ2) is 5.84. The highest BCUT2D eigenvalue weighted by molar-refractivity contribution is 7.22. The molecule has 6 nitrogen and oxygen atoms in total. The zero-order valence-electron chi connectivity index (χ0n) is 13.8. The molecule has 1 aromatic carbocycles. The van der Waals surface area contributed by atoms with Gasteiger partial charge in [0.15, 0.2) is 5.13 Å². The Balaban J connectivity index is 1.26. The molecule has 3 heterocycles. The summed E-state index contributed by atoms with van der Waals surface area (Å²) < 4.78 is 1.21. The number of amides is 1. The van der Waals surface area contributed by atoms with Crippen molar-refractivity contribution in [3.8, 4) is 0 Å². The third-order valence-electron chi connectivity index (χ3n) is 4.95. The molecule has 1 saturated carbocycles. The van der Waals surface area contributed by atoms with Gasteiger partial charge in [0.2, 0.25) is 0 Å². The summed E-state index contributed by atoms with van der Waals surface area (Å²) in [7, 11) is 0. The van der Waals surface area contributed by atoms with E-state index in [1.54, 1.807) is 11.3 Å². The predicted molar refractivity (Wildman–Crippen MR) is 98.3 cm³/mol. The fraction of sp³-hybridized carbons (Fsp3) is 0.389. The quantitative estimate of drug-likeness (QED) is 0.786. The first-order chi connectivity index (χ1) is 12.3. The van der Waals surface area contributed by atoms with Crippen LogP contribution in [0.2, 0.25) is 0 Å². The van der Waals surface area contributed by atoms with E-state index in [1.807, 2.05) is 29.2 Å². The molecule has 128 valence electrons. The standard InChI is InChI=1S/C18H19N5OS/c24-17(15-11-14(20-21-15)12-5-6-12)22-7-9-23(10-8-22)18-19-13-3-1-2-4-16(13)25-18/h1-4,11-12H,5-10H2,(H,20,21). The number of para-hydroxylation sites is 1. The van der Waals surface area contributed by atoms with Gasteiger partial charge in [0.25, 0.3) is 5.91 Å². The molecule has 1 aliphatic carbocycles. The number of aromatic nitrogens is 3. The first kappa shape index (κ1) is 14.9. The molecule has 7 heteroatoms. The molecule has 25 heavy (non-hydrogen) atoms. The van der Waals surface area contributed by atoms with Crippen molar-refractivity contribution in [1.82, 2.24) is 20.1 Å². The van der Waals surface area contributed by atoms with E-state index in [0.29, 0.717) is 24.7 Å². The summed E-state index contributed by atoms with van der Waals surface area (Å²) in [5.41, 5.74) is 2.71. The summed E-state index contributed by atoms with van der Waals surface area (Å²) in [4.78, 5) is 21.5. The van der Waals surface area contributed by atoms with E-state index in [0.717, 1.165) is 29.4 Å². The highest BCUT2D eigenvalue weighted by Crippen LogP contribution is 2.39. The van der Waals surface area contributed by atoms with Crippen LogP contribution in [0.3, 0.4) is 0 Å². The minimum Gasteiger partial charge on any atom is -0.345 e. The number of carbonyl (C=O) groups is 1. The Morgan fingerprint density at radius 3 is 2.72 bits per heavy atom. The second-order valence-electron chi connectivity index (χ2n) is 6.73. The van der Waals surface area contributed by atoms with Crippen LogP contribution < -0.4 is 4.90 Å². The molecule has 0 unspecified atom stereocenters. The number of H-pyrrole nitrogens is 1. The molecule has 0 atom stereocenters. The smallest absolute Gasteiger partial charge is 0.274 e. The van der Waals surface area contributed by atoms with E-state index >= 15 is 0 Å². The fourth-order valence-corrected chi connectivity index (χ4v) is 4.33. The Morgan fingerprint density at radius 1 is 1.16 bits per heavy atom. The molecule has 2 aliphatic rings. The van der Waals surface area contributed by atoms with Crippen LogP contribution in [0.15, 0.2) is 30.3 Å². The minimum absolute atomic E-state index is 0.0344. The first-order valence-electron chi connectivity index (χ1n) is 8.73. The second-order valence-corrected chi connectivity index (χ2v) is 7.74. The van der Waals surface area contributed by atoms with Gasteiger partial charge in [-0.25, -0.2) is 4.98 Å². The molecule has 2 fully saturated rings. The Hall–Kier alpha value is -2.41. The van der Waals surface area contributed by atoms with E-state index in [2.05, 4.69) is 21.2 Å². The van der Waals surface area contributed by atoms with Crippen LogP contribution in [0.5, 0.6) is 0 Å². The largest absolute Gasteiger partial charge is 0.345 e. The number of aromatic amines is 1.